The van der Waals surface area contributed by atoms with Crippen molar-refractivity contribution in [1.82, 2.24) is 0 Å². The lowest BCUT2D eigenvalue weighted by atomic mass is 10.1. The van der Waals surface area contributed by atoms with Gasteiger partial charge in [-0.2, -0.15) is 0 Å². The summed E-state index contributed by atoms with van der Waals surface area (Å²) in [5.74, 6) is -0.119. The third kappa shape index (κ3) is 3.83. The molecule has 0 bridgehead atoms. The first-order chi connectivity index (χ1) is 11.2. The van der Waals surface area contributed by atoms with Gasteiger partial charge in [-0.3, -0.25) is 4.79 Å². The first-order valence-corrected chi connectivity index (χ1v) is 7.64. The van der Waals surface area contributed by atoms with E-state index in [0.717, 1.165) is 12.1 Å². The number of carbonyl (C=O) groups is 1. The number of pyridine rings is 1. The molecule has 3 heteroatoms. The predicted molar refractivity (Wildman–Crippen MR) is 90.8 cm³/mol. The Balaban J connectivity index is 1.80. The lowest BCUT2D eigenvalue weighted by Crippen LogP contribution is -2.51. The van der Waals surface area contributed by atoms with Crippen LogP contribution < -0.4 is 10.1 Å². The Bertz CT molecular complexity index is 795. The van der Waals surface area contributed by atoms with Gasteiger partial charge in [-0.15, -0.1) is 5.43 Å². The van der Waals surface area contributed by atoms with Gasteiger partial charge >= 0.3 is 5.91 Å². The van der Waals surface area contributed by atoms with Crippen molar-refractivity contribution < 1.29 is 9.47 Å². The SMILES string of the molecule is Cc1ccc(Cc2cccc[n+]2NC(=O)c2ccccc2)cc1. The van der Waals surface area contributed by atoms with Gasteiger partial charge in [0.25, 0.3) is 0 Å². The summed E-state index contributed by atoms with van der Waals surface area (Å²) < 4.78 is 1.79. The second-order valence-electron chi connectivity index (χ2n) is 5.53. The minimum absolute atomic E-state index is 0.119. The molecule has 1 aromatic heterocycles. The van der Waals surface area contributed by atoms with Crippen LogP contribution in [0.4, 0.5) is 0 Å². The molecule has 0 atom stereocenters. The van der Waals surface area contributed by atoms with Gasteiger partial charge in [-0.1, -0.05) is 52.7 Å². The van der Waals surface area contributed by atoms with Gasteiger partial charge in [0.15, 0.2) is 6.20 Å². The maximum atomic E-state index is 12.3. The summed E-state index contributed by atoms with van der Waals surface area (Å²) in [6.45, 7) is 2.08. The van der Waals surface area contributed by atoms with Gasteiger partial charge in [0.1, 0.15) is 0 Å². The van der Waals surface area contributed by atoms with Crippen molar-refractivity contribution >= 4 is 5.91 Å². The number of hydrogen-bond donors (Lipinski definition) is 1. The molecule has 0 unspecified atom stereocenters. The number of aryl methyl sites for hydroxylation is 1. The van der Waals surface area contributed by atoms with Gasteiger partial charge < -0.3 is 0 Å². The number of aromatic nitrogens is 1. The Hall–Kier alpha value is -2.94. The molecule has 3 rings (SSSR count). The molecule has 2 aromatic carbocycles. The van der Waals surface area contributed by atoms with Gasteiger partial charge in [-0.05, 0) is 30.7 Å². The number of hydrogen-bond acceptors (Lipinski definition) is 1. The van der Waals surface area contributed by atoms with Crippen LogP contribution in [0.5, 0.6) is 0 Å². The summed E-state index contributed by atoms with van der Waals surface area (Å²) in [4.78, 5) is 12.3. The molecule has 0 fully saturated rings. The zero-order valence-corrected chi connectivity index (χ0v) is 13.1. The Labute approximate surface area is 136 Å². The van der Waals surface area contributed by atoms with Crippen LogP contribution in [-0.4, -0.2) is 5.91 Å². The highest BCUT2D eigenvalue weighted by Crippen LogP contribution is 2.07. The van der Waals surface area contributed by atoms with E-state index in [-0.39, 0.29) is 5.91 Å². The molecular formula is C20H19N2O+. The van der Waals surface area contributed by atoms with Crippen molar-refractivity contribution in [2.75, 3.05) is 5.43 Å². The van der Waals surface area contributed by atoms with Crippen LogP contribution in [0, 0.1) is 6.92 Å². The molecule has 0 aliphatic carbocycles. The number of nitrogens with one attached hydrogen (secondary N) is 1. The number of amides is 1. The molecule has 0 aliphatic rings. The van der Waals surface area contributed by atoms with E-state index in [0.29, 0.717) is 5.56 Å². The van der Waals surface area contributed by atoms with E-state index in [9.17, 15) is 4.79 Å². The number of nitrogens with zero attached hydrogens (tertiary/aromatic N) is 1. The minimum Gasteiger partial charge on any atom is -0.264 e. The second-order valence-corrected chi connectivity index (χ2v) is 5.53. The maximum absolute atomic E-state index is 12.3. The van der Waals surface area contributed by atoms with Crippen molar-refractivity contribution in [3.05, 3.63) is 101 Å². The van der Waals surface area contributed by atoms with Crippen molar-refractivity contribution in [2.24, 2.45) is 0 Å². The first-order valence-electron chi connectivity index (χ1n) is 7.64. The summed E-state index contributed by atoms with van der Waals surface area (Å²) in [6.07, 6.45) is 2.63. The number of rotatable bonds is 4. The van der Waals surface area contributed by atoms with E-state index < -0.39 is 0 Å². The Morgan fingerprint density at radius 3 is 2.35 bits per heavy atom. The van der Waals surface area contributed by atoms with Crippen LogP contribution >= 0.6 is 0 Å². The maximum Gasteiger partial charge on any atom is 0.305 e. The quantitative estimate of drug-likeness (QED) is 0.737. The zero-order chi connectivity index (χ0) is 16.1. The fourth-order valence-corrected chi connectivity index (χ4v) is 2.41. The van der Waals surface area contributed by atoms with E-state index in [2.05, 4.69) is 36.6 Å². The normalized spacial score (nSPS) is 10.3. The second kappa shape index (κ2) is 6.88. The average Bonchev–Trinajstić information content (AvgIpc) is 2.59. The van der Waals surface area contributed by atoms with E-state index in [1.54, 1.807) is 16.8 Å². The van der Waals surface area contributed by atoms with Crippen LogP contribution in [0.2, 0.25) is 0 Å². The van der Waals surface area contributed by atoms with Crippen LogP contribution in [0.3, 0.4) is 0 Å². The molecule has 0 spiro atoms. The Morgan fingerprint density at radius 2 is 1.61 bits per heavy atom. The molecule has 1 amide bonds. The summed E-state index contributed by atoms with van der Waals surface area (Å²) in [7, 11) is 0. The lowest BCUT2D eigenvalue weighted by Gasteiger charge is -2.05. The largest absolute Gasteiger partial charge is 0.305 e. The minimum atomic E-state index is -0.119. The molecule has 3 aromatic rings. The summed E-state index contributed by atoms with van der Waals surface area (Å²) >= 11 is 0. The van der Waals surface area contributed by atoms with E-state index in [4.69, 9.17) is 0 Å². The van der Waals surface area contributed by atoms with Crippen LogP contribution in [0.25, 0.3) is 0 Å². The summed E-state index contributed by atoms with van der Waals surface area (Å²) in [5.41, 5.74) is 7.06. The van der Waals surface area contributed by atoms with Crippen molar-refractivity contribution in [3.63, 3.8) is 0 Å². The fourth-order valence-electron chi connectivity index (χ4n) is 2.41. The topological polar surface area (TPSA) is 33.0 Å². The van der Waals surface area contributed by atoms with Gasteiger partial charge in [-0.25, -0.2) is 0 Å². The van der Waals surface area contributed by atoms with Gasteiger partial charge in [0.05, 0.1) is 6.42 Å². The average molecular weight is 303 g/mol. The monoisotopic (exact) mass is 303 g/mol. The molecule has 0 saturated heterocycles. The van der Waals surface area contributed by atoms with E-state index in [1.807, 2.05) is 42.6 Å². The molecule has 1 heterocycles. The third-order valence-corrected chi connectivity index (χ3v) is 3.71. The molecule has 0 aliphatic heterocycles. The van der Waals surface area contributed by atoms with Crippen LogP contribution in [0.15, 0.2) is 79.0 Å². The molecular weight excluding hydrogens is 284 g/mol. The Morgan fingerprint density at radius 1 is 0.913 bits per heavy atom. The zero-order valence-electron chi connectivity index (χ0n) is 13.1. The Kier molecular flexibility index (Phi) is 4.48. The van der Waals surface area contributed by atoms with Gasteiger partial charge in [0.2, 0.25) is 5.69 Å². The summed E-state index contributed by atoms with van der Waals surface area (Å²) in [5, 5.41) is 0. The highest BCUT2D eigenvalue weighted by atomic mass is 16.2. The molecule has 0 radical (unpaired) electrons. The van der Waals surface area contributed by atoms with Gasteiger partial charge in [0, 0.05) is 17.7 Å². The van der Waals surface area contributed by atoms with Crippen LogP contribution in [0.1, 0.15) is 27.2 Å². The first kappa shape index (κ1) is 15.0. The lowest BCUT2D eigenvalue weighted by molar-refractivity contribution is -0.649. The smallest absolute Gasteiger partial charge is 0.264 e. The number of carbonyl (C=O) groups excluding carboxylic acids is 1. The van der Waals surface area contributed by atoms with Crippen LogP contribution in [-0.2, 0) is 6.42 Å². The molecule has 114 valence electrons. The highest BCUT2D eigenvalue weighted by Gasteiger charge is 2.15. The fraction of sp³-hybridized carbons (Fsp3) is 0.100. The van der Waals surface area contributed by atoms with Crippen molar-refractivity contribution in [1.29, 1.82) is 0 Å². The van der Waals surface area contributed by atoms with E-state index in [1.165, 1.54) is 11.1 Å². The van der Waals surface area contributed by atoms with Crippen molar-refractivity contribution in [3.8, 4) is 0 Å². The molecule has 1 N–H and O–H groups in total. The van der Waals surface area contributed by atoms with Crippen molar-refractivity contribution in [2.45, 2.75) is 13.3 Å². The van der Waals surface area contributed by atoms with E-state index >= 15 is 0 Å². The highest BCUT2D eigenvalue weighted by molar-refractivity contribution is 5.98. The summed E-state index contributed by atoms with van der Waals surface area (Å²) in [6, 6.07) is 23.6. The standard InChI is InChI=1S/C20H18N2O/c1-16-10-12-17(13-11-16)15-19-9-5-6-14-22(19)21-20(23)18-7-3-2-4-8-18/h2-14H,15H2,1H3/p+1. The number of benzene rings is 2. The molecule has 3 nitrogen and oxygen atoms in total. The predicted octanol–water partition coefficient (Wildman–Crippen LogP) is 3.26. The molecule has 23 heavy (non-hydrogen) atoms. The third-order valence-electron chi connectivity index (χ3n) is 3.71. The molecule has 0 saturated carbocycles.